The topological polar surface area (TPSA) is 56.1 Å². The van der Waals surface area contributed by atoms with Gasteiger partial charge in [-0.3, -0.25) is 14.7 Å². The molecule has 1 N–H and O–H groups in total. The lowest BCUT2D eigenvalue weighted by molar-refractivity contribution is -0.135. The molecule has 0 bridgehead atoms. The minimum absolute atomic E-state index is 0. The number of carbonyl (C=O) groups excluding carboxylic acids is 1. The first kappa shape index (κ1) is 22.0. The first-order valence-electron chi connectivity index (χ1n) is 9.69. The molecule has 1 amide bonds. The van der Waals surface area contributed by atoms with E-state index in [0.29, 0.717) is 5.91 Å². The summed E-state index contributed by atoms with van der Waals surface area (Å²) in [5, 5.41) is 3.46. The highest BCUT2D eigenvalue weighted by molar-refractivity contribution is 14.0. The van der Waals surface area contributed by atoms with E-state index in [0.717, 1.165) is 64.6 Å². The Morgan fingerprint density at radius 1 is 1.15 bits per heavy atom. The lowest BCUT2D eigenvalue weighted by Gasteiger charge is -2.39. The summed E-state index contributed by atoms with van der Waals surface area (Å²) in [6.07, 6.45) is 4.35. The second kappa shape index (κ2) is 10.3. The molecule has 152 valence electrons. The number of hydrogen-bond acceptors (Lipinski definition) is 3. The van der Waals surface area contributed by atoms with Gasteiger partial charge >= 0.3 is 0 Å². The van der Waals surface area contributed by atoms with Crippen molar-refractivity contribution in [3.8, 4) is 0 Å². The molecular formula is C19H33IN6O. The van der Waals surface area contributed by atoms with Gasteiger partial charge in [0, 0.05) is 65.3 Å². The van der Waals surface area contributed by atoms with Crippen LogP contribution in [0.2, 0.25) is 0 Å². The van der Waals surface area contributed by atoms with Gasteiger partial charge < -0.3 is 19.7 Å². The third kappa shape index (κ3) is 5.37. The molecule has 8 heteroatoms. The summed E-state index contributed by atoms with van der Waals surface area (Å²) in [5.74, 6) is 1.23. The molecule has 1 aromatic rings. The molecule has 1 atom stereocenters. The maximum absolute atomic E-state index is 12.6. The van der Waals surface area contributed by atoms with Crippen LogP contribution in [0.25, 0.3) is 0 Å². The molecule has 0 saturated carbocycles. The Labute approximate surface area is 179 Å². The maximum Gasteiger partial charge on any atom is 0.239 e. The van der Waals surface area contributed by atoms with Crippen LogP contribution in [0.15, 0.2) is 23.3 Å². The Morgan fingerprint density at radius 3 is 2.37 bits per heavy atom. The van der Waals surface area contributed by atoms with E-state index >= 15 is 0 Å². The Balaban J connectivity index is 0.00000261. The SMILES string of the molecule is CN=C(NCc1cccn1C)N1CCN(C(C)C(=O)N2CCCC2)CC1.I. The number of guanidine groups is 1. The second-order valence-electron chi connectivity index (χ2n) is 7.24. The standard InChI is InChI=1S/C19H32N6O.HI/c1-16(18(26)24-9-4-5-10-24)23-11-13-25(14-12-23)19(20-2)21-15-17-7-6-8-22(17)3;/h6-8,16H,4-5,9-15H2,1-3H3,(H,20,21);1H. The Bertz CT molecular complexity index is 632. The van der Waals surface area contributed by atoms with Crippen molar-refractivity contribution in [1.29, 1.82) is 0 Å². The van der Waals surface area contributed by atoms with E-state index in [1.807, 2.05) is 11.9 Å². The summed E-state index contributed by atoms with van der Waals surface area (Å²) in [5.41, 5.74) is 1.23. The van der Waals surface area contributed by atoms with Crippen LogP contribution in [0.1, 0.15) is 25.5 Å². The minimum Gasteiger partial charge on any atom is -0.353 e. The van der Waals surface area contributed by atoms with Crippen LogP contribution in [-0.2, 0) is 18.4 Å². The average molecular weight is 488 g/mol. The largest absolute Gasteiger partial charge is 0.353 e. The van der Waals surface area contributed by atoms with E-state index in [-0.39, 0.29) is 30.0 Å². The zero-order valence-electron chi connectivity index (χ0n) is 16.7. The third-order valence-electron chi connectivity index (χ3n) is 5.63. The van der Waals surface area contributed by atoms with E-state index in [4.69, 9.17) is 0 Å². The summed E-state index contributed by atoms with van der Waals surface area (Å²) >= 11 is 0. The lowest BCUT2D eigenvalue weighted by atomic mass is 10.2. The highest BCUT2D eigenvalue weighted by Gasteiger charge is 2.30. The van der Waals surface area contributed by atoms with E-state index in [9.17, 15) is 4.79 Å². The highest BCUT2D eigenvalue weighted by atomic mass is 127. The molecule has 27 heavy (non-hydrogen) atoms. The third-order valence-corrected chi connectivity index (χ3v) is 5.63. The van der Waals surface area contributed by atoms with Crippen LogP contribution in [-0.4, -0.2) is 83.5 Å². The molecule has 2 aliphatic heterocycles. The number of aliphatic imine (C=N–C) groups is 1. The first-order valence-corrected chi connectivity index (χ1v) is 9.69. The lowest BCUT2D eigenvalue weighted by Crippen LogP contribution is -2.57. The second-order valence-corrected chi connectivity index (χ2v) is 7.24. The predicted molar refractivity (Wildman–Crippen MR) is 119 cm³/mol. The first-order chi connectivity index (χ1) is 12.6. The number of aromatic nitrogens is 1. The van der Waals surface area contributed by atoms with Gasteiger partial charge in [-0.15, -0.1) is 24.0 Å². The molecular weight excluding hydrogens is 455 g/mol. The summed E-state index contributed by atoms with van der Waals surface area (Å²) in [6.45, 7) is 8.25. The van der Waals surface area contributed by atoms with Crippen LogP contribution < -0.4 is 5.32 Å². The summed E-state index contributed by atoms with van der Waals surface area (Å²) in [4.78, 5) is 23.7. The molecule has 0 radical (unpaired) electrons. The molecule has 3 heterocycles. The molecule has 3 rings (SSSR count). The Hall–Kier alpha value is -1.29. The van der Waals surface area contributed by atoms with E-state index in [2.05, 4.69) is 57.0 Å². The molecule has 1 aromatic heterocycles. The van der Waals surface area contributed by atoms with Crippen molar-refractivity contribution in [2.24, 2.45) is 12.0 Å². The van der Waals surface area contributed by atoms with E-state index in [1.54, 1.807) is 0 Å². The fraction of sp³-hybridized carbons (Fsp3) is 0.684. The Morgan fingerprint density at radius 2 is 1.81 bits per heavy atom. The van der Waals surface area contributed by atoms with Crippen LogP contribution in [0.4, 0.5) is 0 Å². The van der Waals surface area contributed by atoms with Crippen LogP contribution in [0, 0.1) is 0 Å². The zero-order valence-corrected chi connectivity index (χ0v) is 19.1. The summed E-state index contributed by atoms with van der Waals surface area (Å²) in [7, 11) is 3.89. The maximum atomic E-state index is 12.6. The van der Waals surface area contributed by atoms with Crippen molar-refractivity contribution in [2.75, 3.05) is 46.3 Å². The van der Waals surface area contributed by atoms with E-state index in [1.165, 1.54) is 5.69 Å². The minimum atomic E-state index is -0.0198. The number of piperazine rings is 1. The van der Waals surface area contributed by atoms with Crippen molar-refractivity contribution in [2.45, 2.75) is 32.4 Å². The molecule has 0 aliphatic carbocycles. The van der Waals surface area contributed by atoms with Gasteiger partial charge in [-0.25, -0.2) is 0 Å². The molecule has 0 spiro atoms. The van der Waals surface area contributed by atoms with E-state index < -0.39 is 0 Å². The fourth-order valence-electron chi connectivity index (χ4n) is 3.86. The zero-order chi connectivity index (χ0) is 18.5. The van der Waals surface area contributed by atoms with Gasteiger partial charge in [-0.1, -0.05) is 0 Å². The van der Waals surface area contributed by atoms with Crippen molar-refractivity contribution in [1.82, 2.24) is 24.6 Å². The van der Waals surface area contributed by atoms with Gasteiger partial charge in [0.15, 0.2) is 5.96 Å². The number of carbonyl (C=O) groups is 1. The fourth-order valence-corrected chi connectivity index (χ4v) is 3.86. The highest BCUT2D eigenvalue weighted by Crippen LogP contribution is 2.14. The van der Waals surface area contributed by atoms with Gasteiger partial charge in [-0.05, 0) is 31.9 Å². The van der Waals surface area contributed by atoms with Crippen LogP contribution in [0.3, 0.4) is 0 Å². The Kier molecular flexibility index (Phi) is 8.40. The van der Waals surface area contributed by atoms with Gasteiger partial charge in [0.25, 0.3) is 0 Å². The van der Waals surface area contributed by atoms with Gasteiger partial charge in [-0.2, -0.15) is 0 Å². The van der Waals surface area contributed by atoms with Crippen LogP contribution >= 0.6 is 24.0 Å². The number of nitrogens with zero attached hydrogens (tertiary/aromatic N) is 5. The molecule has 1 unspecified atom stereocenters. The number of aryl methyl sites for hydroxylation is 1. The quantitative estimate of drug-likeness (QED) is 0.395. The van der Waals surface area contributed by atoms with Gasteiger partial charge in [0.1, 0.15) is 0 Å². The molecule has 2 saturated heterocycles. The number of likely N-dealkylation sites (tertiary alicyclic amines) is 1. The average Bonchev–Trinajstić information content (AvgIpc) is 3.34. The molecule has 7 nitrogen and oxygen atoms in total. The molecule has 0 aromatic carbocycles. The van der Waals surface area contributed by atoms with Crippen molar-refractivity contribution in [3.63, 3.8) is 0 Å². The van der Waals surface area contributed by atoms with Crippen molar-refractivity contribution >= 4 is 35.8 Å². The molecule has 2 aliphatic rings. The van der Waals surface area contributed by atoms with Gasteiger partial charge in [0.2, 0.25) is 5.91 Å². The monoisotopic (exact) mass is 488 g/mol. The number of halogens is 1. The summed E-state index contributed by atoms with van der Waals surface area (Å²) in [6, 6.07) is 4.15. The number of hydrogen-bond donors (Lipinski definition) is 1. The van der Waals surface area contributed by atoms with Crippen molar-refractivity contribution in [3.05, 3.63) is 24.0 Å². The molecule has 2 fully saturated rings. The van der Waals surface area contributed by atoms with Crippen LogP contribution in [0.5, 0.6) is 0 Å². The van der Waals surface area contributed by atoms with Crippen molar-refractivity contribution < 1.29 is 4.79 Å². The predicted octanol–water partition coefficient (Wildman–Crippen LogP) is 1.35. The van der Waals surface area contributed by atoms with Gasteiger partial charge in [0.05, 0.1) is 12.6 Å². The number of nitrogens with one attached hydrogen (secondary N) is 1. The number of amides is 1. The number of rotatable bonds is 4. The summed E-state index contributed by atoms with van der Waals surface area (Å²) < 4.78 is 2.11. The smallest absolute Gasteiger partial charge is 0.239 e. The normalized spacial score (nSPS) is 19.7.